The Morgan fingerprint density at radius 1 is 0.893 bits per heavy atom. The molecule has 3 aromatic rings. The van der Waals surface area contributed by atoms with Crippen molar-refractivity contribution >= 4 is 51.6 Å². The molecule has 0 spiro atoms. The Balaban J connectivity index is 1.84. The first-order chi connectivity index (χ1) is 13.5. The number of hydrogen-bond acceptors (Lipinski definition) is 4. The zero-order valence-electron chi connectivity index (χ0n) is 16.0. The van der Waals surface area contributed by atoms with Crippen LogP contribution < -0.4 is 4.90 Å². The van der Waals surface area contributed by atoms with Gasteiger partial charge in [-0.15, -0.1) is 11.3 Å². The Kier molecular flexibility index (Phi) is 5.20. The summed E-state index contributed by atoms with van der Waals surface area (Å²) < 4.78 is 0. The monoisotopic (exact) mass is 404 g/mol. The zero-order valence-corrected chi connectivity index (χ0v) is 17.6. The third-order valence-electron chi connectivity index (χ3n) is 4.66. The number of hydrogen-bond donors (Lipinski definition) is 0. The molecule has 0 atom stereocenters. The second kappa shape index (κ2) is 7.78. The van der Waals surface area contributed by atoms with E-state index < -0.39 is 0 Å². The van der Waals surface area contributed by atoms with Gasteiger partial charge in [-0.1, -0.05) is 36.4 Å². The molecular weight excluding hydrogens is 384 g/mol. The number of thioether (sulfide) groups is 1. The second-order valence-corrected chi connectivity index (χ2v) is 8.64. The fourth-order valence-corrected chi connectivity index (χ4v) is 4.92. The van der Waals surface area contributed by atoms with Gasteiger partial charge in [0.25, 0.3) is 5.91 Å². The summed E-state index contributed by atoms with van der Waals surface area (Å²) in [5, 5.41) is 2.74. The average molecular weight is 405 g/mol. The van der Waals surface area contributed by atoms with Crippen LogP contribution in [0.25, 0.3) is 6.08 Å². The molecule has 0 unspecified atom stereocenters. The number of aryl methyl sites for hydroxylation is 3. The van der Waals surface area contributed by atoms with E-state index >= 15 is 0 Å². The highest BCUT2D eigenvalue weighted by Crippen LogP contribution is 2.39. The summed E-state index contributed by atoms with van der Waals surface area (Å²) in [6, 6.07) is 18.0. The third kappa shape index (κ3) is 3.55. The summed E-state index contributed by atoms with van der Waals surface area (Å²) in [5.74, 6) is -0.0283. The van der Waals surface area contributed by atoms with Crippen LogP contribution in [-0.4, -0.2) is 11.1 Å². The van der Waals surface area contributed by atoms with Gasteiger partial charge in [0.15, 0.2) is 5.17 Å². The van der Waals surface area contributed by atoms with Crippen LogP contribution in [0.4, 0.5) is 11.4 Å². The molecule has 5 heteroatoms. The fraction of sp³-hybridized carbons (Fsp3) is 0.130. The molecule has 4 rings (SSSR count). The molecule has 0 radical (unpaired) electrons. The molecule has 1 aliphatic heterocycles. The Morgan fingerprint density at radius 3 is 2.29 bits per heavy atom. The Bertz CT molecular complexity index is 1110. The smallest absolute Gasteiger partial charge is 0.268 e. The van der Waals surface area contributed by atoms with Crippen LogP contribution in [0.5, 0.6) is 0 Å². The number of amidine groups is 1. The van der Waals surface area contributed by atoms with E-state index in [1.165, 1.54) is 17.3 Å². The second-order valence-electron chi connectivity index (χ2n) is 6.69. The summed E-state index contributed by atoms with van der Waals surface area (Å²) in [6.45, 7) is 6.11. The summed E-state index contributed by atoms with van der Waals surface area (Å²) in [5.41, 5.74) is 5.06. The lowest BCUT2D eigenvalue weighted by molar-refractivity contribution is -0.113. The van der Waals surface area contributed by atoms with Crippen molar-refractivity contribution in [1.82, 2.24) is 0 Å². The number of anilines is 1. The number of aliphatic imine (C=N–C) groups is 1. The highest BCUT2D eigenvalue weighted by atomic mass is 32.2. The van der Waals surface area contributed by atoms with Crippen molar-refractivity contribution in [3.8, 4) is 0 Å². The van der Waals surface area contributed by atoms with Crippen LogP contribution in [-0.2, 0) is 4.79 Å². The van der Waals surface area contributed by atoms with Crippen LogP contribution in [0.15, 0.2) is 69.9 Å². The van der Waals surface area contributed by atoms with Gasteiger partial charge >= 0.3 is 0 Å². The SMILES string of the molecule is Cc1ccccc1N=C1SC(=Cc2sccc2C)C(=O)N1c1ccccc1C. The molecule has 1 fully saturated rings. The summed E-state index contributed by atoms with van der Waals surface area (Å²) in [4.78, 5) is 21.7. The number of thiophene rings is 1. The van der Waals surface area contributed by atoms with E-state index in [1.807, 2.05) is 73.8 Å². The van der Waals surface area contributed by atoms with Crippen molar-refractivity contribution in [2.75, 3.05) is 4.90 Å². The van der Waals surface area contributed by atoms with Crippen molar-refractivity contribution in [3.05, 3.63) is 86.5 Å². The molecule has 140 valence electrons. The molecule has 1 saturated heterocycles. The molecule has 2 heterocycles. The van der Waals surface area contributed by atoms with Gasteiger partial charge in [-0.25, -0.2) is 4.99 Å². The van der Waals surface area contributed by atoms with Gasteiger partial charge in [0.05, 0.1) is 16.3 Å². The van der Waals surface area contributed by atoms with Gasteiger partial charge < -0.3 is 0 Å². The highest BCUT2D eigenvalue weighted by Gasteiger charge is 2.35. The normalized spacial score (nSPS) is 17.1. The topological polar surface area (TPSA) is 32.7 Å². The quantitative estimate of drug-likeness (QED) is 0.468. The van der Waals surface area contributed by atoms with E-state index in [0.717, 1.165) is 27.4 Å². The largest absolute Gasteiger partial charge is 0.271 e. The number of amides is 1. The number of nitrogens with zero attached hydrogens (tertiary/aromatic N) is 2. The third-order valence-corrected chi connectivity index (χ3v) is 6.59. The van der Waals surface area contributed by atoms with Crippen molar-refractivity contribution in [1.29, 1.82) is 0 Å². The van der Waals surface area contributed by atoms with Gasteiger partial charge in [-0.05, 0) is 78.9 Å². The summed E-state index contributed by atoms with van der Waals surface area (Å²) in [6.07, 6.45) is 1.98. The van der Waals surface area contributed by atoms with Crippen molar-refractivity contribution in [2.45, 2.75) is 20.8 Å². The fourth-order valence-electron chi connectivity index (χ4n) is 3.02. The standard InChI is InChI=1S/C23H20N2OS2/c1-15-8-4-6-10-18(15)24-23-25(19-11-7-5-9-16(19)2)22(26)21(28-23)14-20-17(3)12-13-27-20/h4-14H,1-3H3. The maximum Gasteiger partial charge on any atom is 0.271 e. The van der Waals surface area contributed by atoms with Crippen LogP contribution >= 0.6 is 23.1 Å². The number of benzene rings is 2. The molecule has 0 bridgehead atoms. The Morgan fingerprint density at radius 2 is 1.61 bits per heavy atom. The number of rotatable bonds is 3. The highest BCUT2D eigenvalue weighted by molar-refractivity contribution is 8.19. The predicted molar refractivity (Wildman–Crippen MR) is 122 cm³/mol. The van der Waals surface area contributed by atoms with Crippen LogP contribution in [0.3, 0.4) is 0 Å². The first-order valence-electron chi connectivity index (χ1n) is 9.02. The molecule has 1 aliphatic rings. The number of carbonyl (C=O) groups is 1. The van der Waals surface area contributed by atoms with E-state index in [4.69, 9.17) is 4.99 Å². The molecule has 1 aromatic heterocycles. The molecule has 0 aliphatic carbocycles. The minimum absolute atomic E-state index is 0.0283. The van der Waals surface area contributed by atoms with Crippen molar-refractivity contribution in [2.24, 2.45) is 4.99 Å². The van der Waals surface area contributed by atoms with Crippen LogP contribution in [0, 0.1) is 20.8 Å². The number of para-hydroxylation sites is 2. The van der Waals surface area contributed by atoms with Crippen LogP contribution in [0.1, 0.15) is 21.6 Å². The summed E-state index contributed by atoms with van der Waals surface area (Å²) in [7, 11) is 0. The molecule has 1 amide bonds. The van der Waals surface area contributed by atoms with Crippen LogP contribution in [0.2, 0.25) is 0 Å². The molecule has 0 saturated carbocycles. The van der Waals surface area contributed by atoms with E-state index in [9.17, 15) is 4.79 Å². The predicted octanol–water partition coefficient (Wildman–Crippen LogP) is 6.48. The van der Waals surface area contributed by atoms with Crippen molar-refractivity contribution in [3.63, 3.8) is 0 Å². The van der Waals surface area contributed by atoms with Gasteiger partial charge in [0, 0.05) is 4.88 Å². The molecule has 0 N–H and O–H groups in total. The van der Waals surface area contributed by atoms with E-state index in [2.05, 4.69) is 13.0 Å². The van der Waals surface area contributed by atoms with E-state index in [-0.39, 0.29) is 5.91 Å². The zero-order chi connectivity index (χ0) is 19.7. The van der Waals surface area contributed by atoms with Gasteiger partial charge in [-0.3, -0.25) is 9.69 Å². The summed E-state index contributed by atoms with van der Waals surface area (Å²) >= 11 is 3.08. The Hall–Kier alpha value is -2.63. The maximum absolute atomic E-state index is 13.3. The lowest BCUT2D eigenvalue weighted by atomic mass is 10.2. The van der Waals surface area contributed by atoms with E-state index in [0.29, 0.717) is 10.1 Å². The lowest BCUT2D eigenvalue weighted by Gasteiger charge is -2.18. The minimum atomic E-state index is -0.0283. The number of carbonyl (C=O) groups excluding carboxylic acids is 1. The van der Waals surface area contributed by atoms with Crippen molar-refractivity contribution < 1.29 is 4.79 Å². The molecule has 2 aromatic carbocycles. The van der Waals surface area contributed by atoms with Gasteiger partial charge in [0.1, 0.15) is 0 Å². The molecular formula is C23H20N2OS2. The Labute approximate surface area is 173 Å². The molecule has 3 nitrogen and oxygen atoms in total. The van der Waals surface area contributed by atoms with Gasteiger partial charge in [-0.2, -0.15) is 0 Å². The lowest BCUT2D eigenvalue weighted by Crippen LogP contribution is -2.29. The first-order valence-corrected chi connectivity index (χ1v) is 10.7. The maximum atomic E-state index is 13.3. The van der Waals surface area contributed by atoms with E-state index in [1.54, 1.807) is 16.2 Å². The van der Waals surface area contributed by atoms with Gasteiger partial charge in [0.2, 0.25) is 0 Å². The minimum Gasteiger partial charge on any atom is -0.268 e. The average Bonchev–Trinajstić information content (AvgIpc) is 3.21. The molecule has 28 heavy (non-hydrogen) atoms. The first kappa shape index (κ1) is 18.7.